The smallest absolute Gasteiger partial charge is 0.248 e. The van der Waals surface area contributed by atoms with E-state index in [9.17, 15) is 18.0 Å². The van der Waals surface area contributed by atoms with Gasteiger partial charge in [0, 0.05) is 44.6 Å². The van der Waals surface area contributed by atoms with Crippen molar-refractivity contribution < 1.29 is 27.3 Å². The van der Waals surface area contributed by atoms with Crippen molar-refractivity contribution in [3.8, 4) is 5.75 Å². The van der Waals surface area contributed by atoms with E-state index in [1.165, 1.54) is 4.31 Å². The van der Waals surface area contributed by atoms with E-state index in [0.717, 1.165) is 6.42 Å². The van der Waals surface area contributed by atoms with Crippen LogP contribution in [0.25, 0.3) is 0 Å². The van der Waals surface area contributed by atoms with Gasteiger partial charge in [-0.15, -0.1) is 0 Å². The zero-order valence-electron chi connectivity index (χ0n) is 19.4. The van der Waals surface area contributed by atoms with Crippen LogP contribution < -0.4 is 4.74 Å². The van der Waals surface area contributed by atoms with Crippen molar-refractivity contribution in [1.29, 1.82) is 0 Å². The fourth-order valence-corrected chi connectivity index (χ4v) is 5.60. The fraction of sp³-hybridized carbons (Fsp3) is 0.522. The van der Waals surface area contributed by atoms with Crippen molar-refractivity contribution in [2.75, 3.05) is 32.8 Å². The van der Waals surface area contributed by atoms with E-state index in [4.69, 9.17) is 9.26 Å². The first-order chi connectivity index (χ1) is 15.7. The number of hydrogen-bond acceptors (Lipinski definition) is 7. The zero-order chi connectivity index (χ0) is 24.0. The molecular formula is C23H31N3O6S. The van der Waals surface area contributed by atoms with Crippen molar-refractivity contribution in [2.24, 2.45) is 0 Å². The first-order valence-corrected chi connectivity index (χ1v) is 12.6. The molecule has 0 aliphatic carbocycles. The number of amides is 1. The summed E-state index contributed by atoms with van der Waals surface area (Å²) < 4.78 is 38.0. The molecule has 1 aliphatic heterocycles. The standard InChI is InChI=1S/C23H31N3O6S/c1-4-16-31-20-8-6-19(7-9-20)21(27)10-11-22(28)25-12-5-13-26(15-14-25)33(29,30)23-17(2)24-32-18(23)3/h6-9H,4-5,10-16H2,1-3H3. The van der Waals surface area contributed by atoms with Crippen molar-refractivity contribution in [3.05, 3.63) is 41.3 Å². The molecule has 33 heavy (non-hydrogen) atoms. The highest BCUT2D eigenvalue weighted by Gasteiger charge is 2.32. The number of sulfonamides is 1. The summed E-state index contributed by atoms with van der Waals surface area (Å²) in [5.74, 6) is 0.712. The number of ketones is 1. The van der Waals surface area contributed by atoms with Gasteiger partial charge in [-0.05, 0) is 51.0 Å². The maximum Gasteiger partial charge on any atom is 0.248 e. The van der Waals surface area contributed by atoms with Gasteiger partial charge in [-0.3, -0.25) is 9.59 Å². The predicted molar refractivity (Wildman–Crippen MR) is 122 cm³/mol. The molecule has 0 unspecified atom stereocenters. The Balaban J connectivity index is 1.54. The van der Waals surface area contributed by atoms with E-state index in [1.807, 2.05) is 6.92 Å². The van der Waals surface area contributed by atoms with E-state index in [1.54, 1.807) is 43.0 Å². The first kappa shape index (κ1) is 24.9. The number of aryl methyl sites for hydroxylation is 2. The van der Waals surface area contributed by atoms with Gasteiger partial charge in [-0.25, -0.2) is 8.42 Å². The van der Waals surface area contributed by atoms with Crippen LogP contribution in [0.2, 0.25) is 0 Å². The lowest BCUT2D eigenvalue weighted by Gasteiger charge is -2.22. The van der Waals surface area contributed by atoms with Crippen LogP contribution in [0.1, 0.15) is 54.4 Å². The van der Waals surface area contributed by atoms with Crippen molar-refractivity contribution in [3.63, 3.8) is 0 Å². The molecule has 3 rings (SSSR count). The molecule has 1 aliphatic rings. The van der Waals surface area contributed by atoms with Gasteiger partial charge in [-0.1, -0.05) is 12.1 Å². The van der Waals surface area contributed by atoms with Gasteiger partial charge in [0.15, 0.2) is 11.5 Å². The Kier molecular flexibility index (Phi) is 8.25. The summed E-state index contributed by atoms with van der Waals surface area (Å²) in [5.41, 5.74) is 0.868. The van der Waals surface area contributed by atoms with E-state index in [2.05, 4.69) is 5.16 Å². The normalized spacial score (nSPS) is 15.3. The Labute approximate surface area is 194 Å². The molecule has 0 bridgehead atoms. The molecule has 1 fully saturated rings. The van der Waals surface area contributed by atoms with Gasteiger partial charge < -0.3 is 14.2 Å². The quantitative estimate of drug-likeness (QED) is 0.511. The molecule has 0 N–H and O–H groups in total. The number of carbonyl (C=O) groups is 2. The largest absolute Gasteiger partial charge is 0.494 e. The number of Topliss-reactive ketones (excluding diaryl/α,β-unsaturated/α-hetero) is 1. The molecular weight excluding hydrogens is 446 g/mol. The number of hydrogen-bond donors (Lipinski definition) is 0. The first-order valence-electron chi connectivity index (χ1n) is 11.2. The summed E-state index contributed by atoms with van der Waals surface area (Å²) in [7, 11) is -3.75. The molecule has 0 spiro atoms. The lowest BCUT2D eigenvalue weighted by Crippen LogP contribution is -2.37. The third kappa shape index (κ3) is 6.00. The number of rotatable bonds is 9. The number of nitrogens with zero attached hydrogens (tertiary/aromatic N) is 3. The second kappa shape index (κ2) is 10.9. The summed E-state index contributed by atoms with van der Waals surface area (Å²) in [6.45, 7) is 7.03. The summed E-state index contributed by atoms with van der Waals surface area (Å²) in [4.78, 5) is 26.9. The van der Waals surface area contributed by atoms with E-state index < -0.39 is 10.0 Å². The van der Waals surface area contributed by atoms with Crippen molar-refractivity contribution in [1.82, 2.24) is 14.4 Å². The zero-order valence-corrected chi connectivity index (χ0v) is 20.2. The van der Waals surface area contributed by atoms with Crippen LogP contribution in [0.3, 0.4) is 0 Å². The second-order valence-corrected chi connectivity index (χ2v) is 9.96. The molecule has 2 heterocycles. The predicted octanol–water partition coefficient (Wildman–Crippen LogP) is 2.97. The lowest BCUT2D eigenvalue weighted by atomic mass is 10.1. The topological polar surface area (TPSA) is 110 Å². The molecule has 0 atom stereocenters. The van der Waals surface area contributed by atoms with Crippen LogP contribution in [0.15, 0.2) is 33.7 Å². The van der Waals surface area contributed by atoms with Crippen LogP contribution in [-0.4, -0.2) is 67.3 Å². The molecule has 9 nitrogen and oxygen atoms in total. The summed E-state index contributed by atoms with van der Waals surface area (Å²) in [6, 6.07) is 6.93. The monoisotopic (exact) mass is 477 g/mol. The number of aromatic nitrogens is 1. The van der Waals surface area contributed by atoms with Crippen LogP contribution >= 0.6 is 0 Å². The van der Waals surface area contributed by atoms with E-state index in [0.29, 0.717) is 43.1 Å². The fourth-order valence-electron chi connectivity index (χ4n) is 3.84. The minimum absolute atomic E-state index is 0.0868. The average molecular weight is 478 g/mol. The highest BCUT2D eigenvalue weighted by molar-refractivity contribution is 7.89. The lowest BCUT2D eigenvalue weighted by molar-refractivity contribution is -0.131. The molecule has 0 saturated carbocycles. The molecule has 1 saturated heterocycles. The van der Waals surface area contributed by atoms with E-state index >= 15 is 0 Å². The Morgan fingerprint density at radius 3 is 2.42 bits per heavy atom. The van der Waals surface area contributed by atoms with Gasteiger partial charge in [0.2, 0.25) is 15.9 Å². The Bertz CT molecular complexity index is 1060. The van der Waals surface area contributed by atoms with Crippen LogP contribution in [0.5, 0.6) is 5.75 Å². The molecule has 1 aromatic heterocycles. The summed E-state index contributed by atoms with van der Waals surface area (Å²) in [6.07, 6.45) is 1.61. The van der Waals surface area contributed by atoms with Crippen LogP contribution in [0, 0.1) is 13.8 Å². The Morgan fingerprint density at radius 2 is 1.79 bits per heavy atom. The number of carbonyl (C=O) groups excluding carboxylic acids is 2. The maximum absolute atomic E-state index is 13.0. The SMILES string of the molecule is CCCOc1ccc(C(=O)CCC(=O)N2CCCN(S(=O)(=O)c3c(C)noc3C)CC2)cc1. The highest BCUT2D eigenvalue weighted by Crippen LogP contribution is 2.24. The maximum atomic E-state index is 13.0. The highest BCUT2D eigenvalue weighted by atomic mass is 32.2. The minimum Gasteiger partial charge on any atom is -0.494 e. The number of benzene rings is 1. The average Bonchev–Trinajstić information content (AvgIpc) is 3.00. The van der Waals surface area contributed by atoms with Gasteiger partial charge in [0.25, 0.3) is 0 Å². The van der Waals surface area contributed by atoms with Gasteiger partial charge in [0.1, 0.15) is 16.3 Å². The van der Waals surface area contributed by atoms with Crippen molar-refractivity contribution in [2.45, 2.75) is 51.3 Å². The molecule has 2 aromatic rings. The number of ether oxygens (including phenoxy) is 1. The molecule has 180 valence electrons. The summed E-state index contributed by atoms with van der Waals surface area (Å²) >= 11 is 0. The molecule has 1 amide bonds. The Hall–Kier alpha value is -2.72. The van der Waals surface area contributed by atoms with Gasteiger partial charge in [-0.2, -0.15) is 4.31 Å². The molecule has 1 aromatic carbocycles. The van der Waals surface area contributed by atoms with E-state index in [-0.39, 0.29) is 48.3 Å². The second-order valence-electron chi connectivity index (χ2n) is 8.09. The molecule has 10 heteroatoms. The molecule has 0 radical (unpaired) electrons. The van der Waals surface area contributed by atoms with Crippen molar-refractivity contribution >= 4 is 21.7 Å². The third-order valence-electron chi connectivity index (χ3n) is 5.59. The minimum atomic E-state index is -3.75. The third-order valence-corrected chi connectivity index (χ3v) is 7.73. The summed E-state index contributed by atoms with van der Waals surface area (Å²) in [5, 5.41) is 3.74. The Morgan fingerprint density at radius 1 is 1.06 bits per heavy atom. The van der Waals surface area contributed by atoms with Gasteiger partial charge in [0.05, 0.1) is 6.61 Å². The van der Waals surface area contributed by atoms with Crippen LogP contribution in [-0.2, 0) is 14.8 Å². The van der Waals surface area contributed by atoms with Gasteiger partial charge >= 0.3 is 0 Å². The van der Waals surface area contributed by atoms with Crippen LogP contribution in [0.4, 0.5) is 0 Å².